The first-order valence-corrected chi connectivity index (χ1v) is 10.4. The first-order chi connectivity index (χ1) is 14.6. The summed E-state index contributed by atoms with van der Waals surface area (Å²) >= 11 is 0. The lowest BCUT2D eigenvalue weighted by molar-refractivity contribution is -0.138. The topological polar surface area (TPSA) is 224 Å². The second-order valence-corrected chi connectivity index (χ2v) is 8.88. The molecule has 17 nitrogen and oxygen atoms in total. The van der Waals surface area contributed by atoms with Gasteiger partial charge in [-0.25, -0.2) is 48.8 Å². The molecule has 2 fully saturated rings. The van der Waals surface area contributed by atoms with Crippen LogP contribution >= 0.6 is 0 Å². The molecule has 2 heterocycles. The Morgan fingerprint density at radius 3 is 2.09 bits per heavy atom. The number of likely N-dealkylation sites (tertiary alicyclic amines) is 1. The SMILES string of the molecule is CC(C)(C)OC(=O)NN1CCN(C(=O)NS(=O)(=O)NC(=O)N2CC(NC(=O)O)C2=O)C1=O. The Balaban J connectivity index is 1.88. The van der Waals surface area contributed by atoms with Crippen LogP contribution in [0, 0.1) is 0 Å². The van der Waals surface area contributed by atoms with Crippen LogP contribution in [0.2, 0.25) is 0 Å². The molecule has 1 unspecified atom stereocenters. The standard InChI is InChI=1S/C14H21N7O10S/c1-14(2,3)31-12(27)16-21-5-4-19(13(21)28)9(23)17-32(29,30)18-10(24)20-6-7(8(20)22)15-11(25)26/h7,15H,4-6H2,1-3H3,(H,16,27)(H,17,23)(H,18,24)(H,25,26). The number of hydrogen-bond donors (Lipinski definition) is 5. The number of β-lactam (4-membered cyclic amide) rings is 1. The summed E-state index contributed by atoms with van der Waals surface area (Å²) in [6.07, 6.45) is -2.48. The van der Waals surface area contributed by atoms with Crippen LogP contribution in [-0.4, -0.2) is 95.8 Å². The van der Waals surface area contributed by atoms with Crippen LogP contribution in [0.4, 0.5) is 24.0 Å². The Morgan fingerprint density at radius 1 is 1.03 bits per heavy atom. The summed E-state index contributed by atoms with van der Waals surface area (Å²) in [6.45, 7) is 3.89. The fourth-order valence-corrected chi connectivity index (χ4v) is 3.20. The quantitative estimate of drug-likeness (QED) is 0.287. The van der Waals surface area contributed by atoms with Gasteiger partial charge in [0.15, 0.2) is 0 Å². The summed E-state index contributed by atoms with van der Waals surface area (Å²) in [5.74, 6) is -0.995. The zero-order chi connectivity index (χ0) is 24.4. The van der Waals surface area contributed by atoms with Gasteiger partial charge in [0.1, 0.15) is 11.6 Å². The van der Waals surface area contributed by atoms with Gasteiger partial charge in [-0.3, -0.25) is 9.69 Å². The van der Waals surface area contributed by atoms with Crippen LogP contribution in [0.25, 0.3) is 0 Å². The van der Waals surface area contributed by atoms with Gasteiger partial charge in [0.2, 0.25) is 0 Å². The molecule has 32 heavy (non-hydrogen) atoms. The van der Waals surface area contributed by atoms with Gasteiger partial charge in [-0.05, 0) is 20.8 Å². The molecule has 18 heteroatoms. The van der Waals surface area contributed by atoms with Gasteiger partial charge in [-0.1, -0.05) is 0 Å². The van der Waals surface area contributed by atoms with E-state index in [9.17, 15) is 37.2 Å². The summed E-state index contributed by atoms with van der Waals surface area (Å²) in [5.41, 5.74) is 1.26. The summed E-state index contributed by atoms with van der Waals surface area (Å²) < 4.78 is 31.8. The van der Waals surface area contributed by atoms with Crippen molar-refractivity contribution >= 4 is 46.4 Å². The zero-order valence-corrected chi connectivity index (χ0v) is 17.9. The summed E-state index contributed by atoms with van der Waals surface area (Å²) in [7, 11) is -4.84. The van der Waals surface area contributed by atoms with Gasteiger partial charge in [0.05, 0.1) is 19.6 Å². The van der Waals surface area contributed by atoms with E-state index >= 15 is 0 Å². The Labute approximate surface area is 181 Å². The molecule has 0 aromatic carbocycles. The third-order valence-corrected chi connectivity index (χ3v) is 4.68. The minimum absolute atomic E-state index is 0.169. The minimum Gasteiger partial charge on any atom is -0.465 e. The van der Waals surface area contributed by atoms with Crippen LogP contribution in [0.5, 0.6) is 0 Å². The molecule has 2 aliphatic rings. The number of amides is 9. The van der Waals surface area contributed by atoms with E-state index in [-0.39, 0.29) is 13.1 Å². The lowest BCUT2D eigenvalue weighted by Gasteiger charge is -2.35. The molecule has 2 aliphatic heterocycles. The van der Waals surface area contributed by atoms with Crippen molar-refractivity contribution < 1.29 is 47.0 Å². The molecule has 0 aromatic heterocycles. The van der Waals surface area contributed by atoms with E-state index in [1.165, 1.54) is 9.44 Å². The second-order valence-electron chi connectivity index (χ2n) is 7.47. The number of rotatable bonds is 4. The highest BCUT2D eigenvalue weighted by Gasteiger charge is 2.43. The Kier molecular flexibility index (Phi) is 6.67. The Morgan fingerprint density at radius 2 is 1.59 bits per heavy atom. The van der Waals surface area contributed by atoms with E-state index in [1.54, 1.807) is 20.8 Å². The first-order valence-electron chi connectivity index (χ1n) is 8.87. The van der Waals surface area contributed by atoms with Crippen LogP contribution in [0.1, 0.15) is 20.8 Å². The highest BCUT2D eigenvalue weighted by molar-refractivity contribution is 7.88. The van der Waals surface area contributed by atoms with Gasteiger partial charge >= 0.3 is 40.5 Å². The van der Waals surface area contributed by atoms with Crippen LogP contribution in [0.3, 0.4) is 0 Å². The average molecular weight is 479 g/mol. The fraction of sp³-hybridized carbons (Fsp3) is 0.571. The number of carbonyl (C=O) groups is 6. The summed E-state index contributed by atoms with van der Waals surface area (Å²) in [4.78, 5) is 71.0. The summed E-state index contributed by atoms with van der Waals surface area (Å²) in [5, 5.41) is 11.1. The van der Waals surface area contributed by atoms with Gasteiger partial charge in [-0.15, -0.1) is 0 Å². The molecular formula is C14H21N7O10S. The average Bonchev–Trinajstić information content (AvgIpc) is 2.95. The number of carboxylic acid groups (broad SMARTS) is 1. The smallest absolute Gasteiger partial charge is 0.426 e. The number of hydrogen-bond acceptors (Lipinski definition) is 9. The van der Waals surface area contributed by atoms with Crippen molar-refractivity contribution in [2.45, 2.75) is 32.4 Å². The number of carbonyl (C=O) groups excluding carboxylic acids is 5. The minimum atomic E-state index is -4.84. The van der Waals surface area contributed by atoms with Crippen molar-refractivity contribution in [3.05, 3.63) is 0 Å². The van der Waals surface area contributed by atoms with E-state index in [4.69, 9.17) is 9.84 Å². The van der Waals surface area contributed by atoms with Crippen molar-refractivity contribution in [2.75, 3.05) is 19.6 Å². The number of nitrogens with one attached hydrogen (secondary N) is 4. The van der Waals surface area contributed by atoms with E-state index < -0.39 is 64.6 Å². The monoisotopic (exact) mass is 479 g/mol. The molecule has 178 valence electrons. The molecule has 9 amide bonds. The maximum absolute atomic E-state index is 12.2. The second kappa shape index (κ2) is 8.73. The third-order valence-electron chi connectivity index (χ3n) is 3.79. The Hall–Kier alpha value is -3.83. The lowest BCUT2D eigenvalue weighted by atomic mass is 10.1. The predicted molar refractivity (Wildman–Crippen MR) is 101 cm³/mol. The summed E-state index contributed by atoms with van der Waals surface area (Å²) in [6, 6.07) is -5.12. The molecule has 0 saturated carbocycles. The van der Waals surface area contributed by atoms with E-state index in [0.29, 0.717) is 9.80 Å². The van der Waals surface area contributed by atoms with Crippen molar-refractivity contribution in [2.24, 2.45) is 0 Å². The van der Waals surface area contributed by atoms with E-state index in [0.717, 1.165) is 5.01 Å². The van der Waals surface area contributed by atoms with Gasteiger partial charge in [-0.2, -0.15) is 8.42 Å². The highest BCUT2D eigenvalue weighted by atomic mass is 32.2. The molecule has 2 saturated heterocycles. The van der Waals surface area contributed by atoms with Crippen molar-refractivity contribution in [1.29, 1.82) is 0 Å². The molecule has 0 spiro atoms. The molecule has 2 rings (SSSR count). The maximum atomic E-state index is 12.2. The van der Waals surface area contributed by atoms with E-state index in [2.05, 4.69) is 5.43 Å². The molecule has 0 radical (unpaired) electrons. The number of hydrazine groups is 1. The highest BCUT2D eigenvalue weighted by Crippen LogP contribution is 2.12. The largest absolute Gasteiger partial charge is 0.465 e. The molecule has 0 aliphatic carbocycles. The van der Waals surface area contributed by atoms with Crippen molar-refractivity contribution in [3.63, 3.8) is 0 Å². The maximum Gasteiger partial charge on any atom is 0.426 e. The molecular weight excluding hydrogens is 458 g/mol. The fourth-order valence-electron chi connectivity index (χ4n) is 2.47. The Bertz CT molecular complexity index is 959. The van der Waals surface area contributed by atoms with Crippen LogP contribution in [0.15, 0.2) is 0 Å². The number of imide groups is 2. The third kappa shape index (κ3) is 6.09. The van der Waals surface area contributed by atoms with Gasteiger partial charge in [0, 0.05) is 0 Å². The van der Waals surface area contributed by atoms with Gasteiger partial charge in [0.25, 0.3) is 5.91 Å². The predicted octanol–water partition coefficient (Wildman–Crippen LogP) is -1.69. The number of nitrogens with zero attached hydrogens (tertiary/aromatic N) is 3. The molecule has 5 N–H and O–H groups in total. The van der Waals surface area contributed by atoms with Gasteiger partial charge < -0.3 is 15.2 Å². The van der Waals surface area contributed by atoms with E-state index in [1.807, 2.05) is 5.32 Å². The molecule has 0 aromatic rings. The van der Waals surface area contributed by atoms with Crippen molar-refractivity contribution in [3.8, 4) is 0 Å². The lowest BCUT2D eigenvalue weighted by Crippen LogP contribution is -2.67. The van der Waals surface area contributed by atoms with Crippen LogP contribution in [-0.2, 0) is 19.7 Å². The molecule has 0 bridgehead atoms. The normalized spacial score (nSPS) is 18.6. The molecule has 1 atom stereocenters. The van der Waals surface area contributed by atoms with Crippen LogP contribution < -0.4 is 20.2 Å². The first kappa shape index (κ1) is 24.4. The van der Waals surface area contributed by atoms with Crippen molar-refractivity contribution in [1.82, 2.24) is 35.0 Å². The number of urea groups is 3. The number of ether oxygens (including phenoxy) is 1. The zero-order valence-electron chi connectivity index (χ0n) is 17.1.